The van der Waals surface area contributed by atoms with Crippen molar-refractivity contribution in [1.82, 2.24) is 0 Å². The van der Waals surface area contributed by atoms with Crippen LogP contribution < -0.4 is 0 Å². The van der Waals surface area contributed by atoms with E-state index in [1.54, 1.807) is 0 Å². The van der Waals surface area contributed by atoms with Gasteiger partial charge < -0.3 is 14.2 Å². The topological polar surface area (TPSA) is 78.9 Å². The molecule has 6 heteroatoms. The molecule has 0 aliphatic rings. The van der Waals surface area contributed by atoms with Crippen molar-refractivity contribution >= 4 is 17.9 Å². The molecule has 0 amide bonds. The maximum absolute atomic E-state index is 12.8. The summed E-state index contributed by atoms with van der Waals surface area (Å²) in [5.74, 6) is -0.931. The van der Waals surface area contributed by atoms with Crippen molar-refractivity contribution in [3.8, 4) is 0 Å². The van der Waals surface area contributed by atoms with E-state index in [4.69, 9.17) is 14.2 Å². The zero-order chi connectivity index (χ0) is 55.0. The van der Waals surface area contributed by atoms with Gasteiger partial charge in [-0.15, -0.1) is 0 Å². The van der Waals surface area contributed by atoms with Crippen LogP contribution in [0.3, 0.4) is 0 Å². The number of hydrogen-bond acceptors (Lipinski definition) is 6. The molecule has 0 saturated heterocycles. The van der Waals surface area contributed by atoms with Crippen molar-refractivity contribution in [2.75, 3.05) is 13.2 Å². The van der Waals surface area contributed by atoms with Crippen LogP contribution >= 0.6 is 0 Å². The third kappa shape index (κ3) is 60.4. The number of ether oxygens (including phenoxy) is 3. The Balaban J connectivity index is 4.17. The molecule has 0 rings (SSSR count). The molecule has 0 aliphatic carbocycles. The third-order valence-electron chi connectivity index (χ3n) is 12.9. The summed E-state index contributed by atoms with van der Waals surface area (Å²) in [5, 5.41) is 0. The minimum atomic E-state index is -0.791. The molecule has 0 radical (unpaired) electrons. The van der Waals surface area contributed by atoms with Crippen LogP contribution in [0.25, 0.3) is 0 Å². The molecule has 0 N–H and O–H groups in total. The zero-order valence-electron chi connectivity index (χ0n) is 49.2. The van der Waals surface area contributed by atoms with Gasteiger partial charge in [0.2, 0.25) is 0 Å². The second-order valence-electron chi connectivity index (χ2n) is 20.2. The molecule has 76 heavy (non-hydrogen) atoms. The van der Waals surface area contributed by atoms with Gasteiger partial charge in [0, 0.05) is 19.3 Å². The van der Waals surface area contributed by atoms with Crippen molar-refractivity contribution in [3.05, 3.63) is 134 Å². The molecule has 0 aliphatic heterocycles. The van der Waals surface area contributed by atoms with Gasteiger partial charge in [0.05, 0.1) is 0 Å². The minimum Gasteiger partial charge on any atom is -0.462 e. The van der Waals surface area contributed by atoms with E-state index in [0.29, 0.717) is 19.3 Å². The summed E-state index contributed by atoms with van der Waals surface area (Å²) in [6.07, 6.45) is 89.2. The van der Waals surface area contributed by atoms with E-state index in [9.17, 15) is 14.4 Å². The first-order valence-electron chi connectivity index (χ1n) is 31.2. The SMILES string of the molecule is CC/C=C\C/C=C\C/C=C\C/C=C\C/C=C\C/C=C\C/C=C\C/C=C\C/C=C\C/C=C\CCCCCCC(=O)OCC(COC(=O)CCCCCCCC)OC(=O)CCCCCCCCC/C=C\CCCCCCCC. The molecule has 0 fully saturated rings. The minimum absolute atomic E-state index is 0.0899. The van der Waals surface area contributed by atoms with Gasteiger partial charge in [0.15, 0.2) is 6.10 Å². The van der Waals surface area contributed by atoms with Crippen molar-refractivity contribution in [2.24, 2.45) is 0 Å². The van der Waals surface area contributed by atoms with Crippen molar-refractivity contribution < 1.29 is 28.6 Å². The van der Waals surface area contributed by atoms with Gasteiger partial charge >= 0.3 is 17.9 Å². The maximum atomic E-state index is 12.8. The fourth-order valence-electron chi connectivity index (χ4n) is 8.23. The summed E-state index contributed by atoms with van der Waals surface area (Å²) in [4.78, 5) is 37.9. The molecule has 1 atom stereocenters. The highest BCUT2D eigenvalue weighted by molar-refractivity contribution is 5.71. The lowest BCUT2D eigenvalue weighted by molar-refractivity contribution is -0.167. The second kappa shape index (κ2) is 63.1. The van der Waals surface area contributed by atoms with Gasteiger partial charge in [-0.1, -0.05) is 264 Å². The fourth-order valence-corrected chi connectivity index (χ4v) is 8.23. The molecule has 0 saturated carbocycles. The van der Waals surface area contributed by atoms with Crippen LogP contribution in [-0.2, 0) is 28.6 Å². The van der Waals surface area contributed by atoms with Crippen molar-refractivity contribution in [2.45, 2.75) is 277 Å². The fraction of sp³-hybridized carbons (Fsp3) is 0.643. The molecule has 0 aromatic heterocycles. The number of allylic oxidation sites excluding steroid dienone is 22. The van der Waals surface area contributed by atoms with Crippen molar-refractivity contribution in [1.29, 1.82) is 0 Å². The Morgan fingerprint density at radius 2 is 0.513 bits per heavy atom. The van der Waals surface area contributed by atoms with Gasteiger partial charge in [-0.05, 0) is 122 Å². The molecule has 0 aromatic rings. The summed E-state index contributed by atoms with van der Waals surface area (Å²) in [5.41, 5.74) is 0. The van der Waals surface area contributed by atoms with Crippen LogP contribution in [0.2, 0.25) is 0 Å². The Bertz CT molecular complexity index is 1630. The first-order chi connectivity index (χ1) is 37.5. The smallest absolute Gasteiger partial charge is 0.306 e. The molecule has 0 bridgehead atoms. The number of esters is 3. The highest BCUT2D eigenvalue weighted by Gasteiger charge is 2.19. The predicted octanol–water partition coefficient (Wildman–Crippen LogP) is 21.4. The van der Waals surface area contributed by atoms with Crippen LogP contribution in [0.4, 0.5) is 0 Å². The number of carbonyl (C=O) groups is 3. The summed E-state index contributed by atoms with van der Waals surface area (Å²) in [6.45, 7) is 6.43. The Kier molecular flexibility index (Phi) is 59.4. The Hall–Kier alpha value is -4.45. The van der Waals surface area contributed by atoms with Crippen LogP contribution in [0.5, 0.6) is 0 Å². The van der Waals surface area contributed by atoms with Crippen LogP contribution in [0.15, 0.2) is 134 Å². The van der Waals surface area contributed by atoms with Crippen LogP contribution in [0.1, 0.15) is 271 Å². The largest absolute Gasteiger partial charge is 0.462 e. The van der Waals surface area contributed by atoms with Gasteiger partial charge in [-0.3, -0.25) is 14.4 Å². The standard InChI is InChI=1S/C70H114O6/c1-4-7-10-13-16-18-20-22-24-26-27-28-29-30-31-32-33-34-35-36-37-38-39-40-41-42-43-45-46-48-50-52-54-57-60-63-69(72)75-66-67(65-74-68(71)62-59-56-15-12-9-6-3)76-70(73)64-61-58-55-53-51-49-47-44-25-23-21-19-17-14-11-8-5-2/h7,10,16,18,22-25,27-28,30-31,33-34,36-37,39-40,42-43,46,48,67H,4-6,8-9,11-15,17,19-21,26,29,32,35,38,41,44-45,47,49-66H2,1-3H3/b10-7-,18-16-,24-22-,25-23-,28-27-,31-30-,34-33-,37-36-,40-39-,43-42-,48-46-. The first-order valence-corrected chi connectivity index (χ1v) is 31.2. The summed E-state index contributed by atoms with van der Waals surface area (Å²) >= 11 is 0. The lowest BCUT2D eigenvalue weighted by atomic mass is 10.1. The van der Waals surface area contributed by atoms with E-state index >= 15 is 0 Å². The third-order valence-corrected chi connectivity index (χ3v) is 12.9. The van der Waals surface area contributed by atoms with Crippen LogP contribution in [-0.4, -0.2) is 37.2 Å². The molecule has 0 heterocycles. The maximum Gasteiger partial charge on any atom is 0.306 e. The van der Waals surface area contributed by atoms with E-state index in [0.717, 1.165) is 135 Å². The number of unbranched alkanes of at least 4 members (excludes halogenated alkanes) is 22. The lowest BCUT2D eigenvalue weighted by Gasteiger charge is -2.18. The molecule has 430 valence electrons. The van der Waals surface area contributed by atoms with Gasteiger partial charge in [0.25, 0.3) is 0 Å². The summed E-state index contributed by atoms with van der Waals surface area (Å²) < 4.78 is 16.7. The molecule has 6 nitrogen and oxygen atoms in total. The van der Waals surface area contributed by atoms with E-state index in [-0.39, 0.29) is 31.1 Å². The monoisotopic (exact) mass is 1050 g/mol. The first kappa shape index (κ1) is 71.5. The molecular formula is C70H114O6. The van der Waals surface area contributed by atoms with Gasteiger partial charge in [-0.2, -0.15) is 0 Å². The van der Waals surface area contributed by atoms with E-state index in [1.807, 2.05) is 0 Å². The summed E-state index contributed by atoms with van der Waals surface area (Å²) in [7, 11) is 0. The Morgan fingerprint density at radius 1 is 0.276 bits per heavy atom. The second-order valence-corrected chi connectivity index (χ2v) is 20.2. The normalized spacial score (nSPS) is 13.0. The van der Waals surface area contributed by atoms with E-state index in [2.05, 4.69) is 154 Å². The lowest BCUT2D eigenvalue weighted by Crippen LogP contribution is -2.30. The van der Waals surface area contributed by atoms with Gasteiger partial charge in [0.1, 0.15) is 13.2 Å². The van der Waals surface area contributed by atoms with Gasteiger partial charge in [-0.25, -0.2) is 0 Å². The van der Waals surface area contributed by atoms with E-state index < -0.39 is 6.10 Å². The molecule has 0 spiro atoms. The highest BCUT2D eigenvalue weighted by Crippen LogP contribution is 2.14. The number of carbonyl (C=O) groups excluding carboxylic acids is 3. The average Bonchev–Trinajstić information content (AvgIpc) is 3.42. The summed E-state index contributed by atoms with van der Waals surface area (Å²) in [6, 6.07) is 0. The average molecular weight is 1050 g/mol. The Labute approximate surface area is 468 Å². The molecule has 1 unspecified atom stereocenters. The zero-order valence-corrected chi connectivity index (χ0v) is 49.2. The van der Waals surface area contributed by atoms with Crippen molar-refractivity contribution in [3.63, 3.8) is 0 Å². The van der Waals surface area contributed by atoms with Crippen LogP contribution in [0, 0.1) is 0 Å². The highest BCUT2D eigenvalue weighted by atomic mass is 16.6. The molecule has 0 aromatic carbocycles. The molecular weight excluding hydrogens is 937 g/mol. The van der Waals surface area contributed by atoms with E-state index in [1.165, 1.54) is 96.3 Å². The number of hydrogen-bond donors (Lipinski definition) is 0. The Morgan fingerprint density at radius 3 is 0.816 bits per heavy atom. The number of rotatable bonds is 55. The predicted molar refractivity (Wildman–Crippen MR) is 329 cm³/mol. The quantitative estimate of drug-likeness (QED) is 0.0261.